The number of piperidine rings is 1. The van der Waals surface area contributed by atoms with Crippen LogP contribution in [0.2, 0.25) is 0 Å². The van der Waals surface area contributed by atoms with Gasteiger partial charge in [0.15, 0.2) is 0 Å². The van der Waals surface area contributed by atoms with Gasteiger partial charge in [0, 0.05) is 25.3 Å². The highest BCUT2D eigenvalue weighted by molar-refractivity contribution is 5.39. The molecule has 1 fully saturated rings. The fourth-order valence-corrected chi connectivity index (χ4v) is 2.95. The summed E-state index contributed by atoms with van der Waals surface area (Å²) in [5, 5.41) is 0. The van der Waals surface area contributed by atoms with Crippen molar-refractivity contribution in [2.75, 3.05) is 25.4 Å². The molecule has 2 rings (SSSR count). The Morgan fingerprint density at radius 2 is 1.71 bits per heavy atom. The molecule has 94 valence electrons. The second kappa shape index (κ2) is 5.54. The highest BCUT2D eigenvalue weighted by Crippen LogP contribution is 2.21. The zero-order valence-electron chi connectivity index (χ0n) is 11.0. The fourth-order valence-electron chi connectivity index (χ4n) is 2.95. The van der Waals surface area contributed by atoms with Gasteiger partial charge in [-0.05, 0) is 42.4 Å². The van der Waals surface area contributed by atoms with Gasteiger partial charge in [0.2, 0.25) is 0 Å². The number of hydrogen-bond acceptors (Lipinski definition) is 2. The van der Waals surface area contributed by atoms with Crippen LogP contribution in [0.25, 0.3) is 0 Å². The molecule has 1 saturated heterocycles. The molecule has 2 heteroatoms. The lowest BCUT2D eigenvalue weighted by Gasteiger charge is -2.34. The van der Waals surface area contributed by atoms with Crippen LogP contribution in [0, 0.1) is 11.8 Å². The van der Waals surface area contributed by atoms with Crippen molar-refractivity contribution in [1.29, 1.82) is 0 Å². The van der Waals surface area contributed by atoms with Crippen LogP contribution in [0.4, 0.5) is 5.69 Å². The number of likely N-dealkylation sites (tertiary alicyclic amines) is 1. The van der Waals surface area contributed by atoms with E-state index in [9.17, 15) is 0 Å². The quantitative estimate of drug-likeness (QED) is 0.812. The third-order valence-electron chi connectivity index (χ3n) is 3.64. The molecule has 0 aromatic heterocycles. The van der Waals surface area contributed by atoms with E-state index in [0.717, 1.165) is 23.9 Å². The van der Waals surface area contributed by atoms with Gasteiger partial charge in [-0.2, -0.15) is 0 Å². The molecule has 17 heavy (non-hydrogen) atoms. The molecule has 1 heterocycles. The normalized spacial score (nSPS) is 26.0. The minimum Gasteiger partial charge on any atom is -0.399 e. The Kier molecular flexibility index (Phi) is 4.06. The molecule has 0 bridgehead atoms. The lowest BCUT2D eigenvalue weighted by molar-refractivity contribution is 0.142. The van der Waals surface area contributed by atoms with Gasteiger partial charge in [-0.1, -0.05) is 26.0 Å². The van der Waals surface area contributed by atoms with E-state index in [1.807, 2.05) is 12.1 Å². The SMILES string of the molecule is CC1CC(C)CN(CCc2ccc(N)cc2)C1. The summed E-state index contributed by atoms with van der Waals surface area (Å²) in [5.74, 6) is 1.70. The summed E-state index contributed by atoms with van der Waals surface area (Å²) in [6, 6.07) is 8.28. The van der Waals surface area contributed by atoms with E-state index >= 15 is 0 Å². The van der Waals surface area contributed by atoms with Crippen molar-refractivity contribution in [3.8, 4) is 0 Å². The first-order valence-corrected chi connectivity index (χ1v) is 6.70. The Bertz CT molecular complexity index is 334. The summed E-state index contributed by atoms with van der Waals surface area (Å²) in [7, 11) is 0. The molecule has 0 amide bonds. The lowest BCUT2D eigenvalue weighted by atomic mass is 9.92. The Balaban J connectivity index is 1.83. The van der Waals surface area contributed by atoms with Gasteiger partial charge in [-0.25, -0.2) is 0 Å². The molecule has 0 radical (unpaired) electrons. The molecule has 1 aliphatic rings. The largest absolute Gasteiger partial charge is 0.399 e. The van der Waals surface area contributed by atoms with Gasteiger partial charge in [-0.15, -0.1) is 0 Å². The van der Waals surface area contributed by atoms with E-state index in [4.69, 9.17) is 5.73 Å². The molecule has 0 aliphatic carbocycles. The van der Waals surface area contributed by atoms with E-state index in [-0.39, 0.29) is 0 Å². The van der Waals surface area contributed by atoms with Gasteiger partial charge in [0.1, 0.15) is 0 Å². The fraction of sp³-hybridized carbons (Fsp3) is 0.600. The van der Waals surface area contributed by atoms with Gasteiger partial charge in [0.05, 0.1) is 0 Å². The molecular weight excluding hydrogens is 208 g/mol. The minimum atomic E-state index is 0.852. The van der Waals surface area contributed by atoms with Crippen LogP contribution in [0.15, 0.2) is 24.3 Å². The molecule has 2 nitrogen and oxygen atoms in total. The number of nitrogens with two attached hydrogens (primary N) is 1. The summed E-state index contributed by atoms with van der Waals surface area (Å²) in [5.41, 5.74) is 7.94. The minimum absolute atomic E-state index is 0.852. The summed E-state index contributed by atoms with van der Waals surface area (Å²) in [6.07, 6.45) is 2.53. The van der Waals surface area contributed by atoms with Crippen molar-refractivity contribution in [3.05, 3.63) is 29.8 Å². The molecule has 1 aromatic rings. The summed E-state index contributed by atoms with van der Waals surface area (Å²) in [4.78, 5) is 2.61. The van der Waals surface area contributed by atoms with Crippen LogP contribution in [0.1, 0.15) is 25.8 Å². The number of rotatable bonds is 3. The van der Waals surface area contributed by atoms with Crippen LogP contribution in [-0.4, -0.2) is 24.5 Å². The molecule has 2 atom stereocenters. The Hall–Kier alpha value is -1.02. The van der Waals surface area contributed by atoms with E-state index in [1.165, 1.54) is 31.6 Å². The van der Waals surface area contributed by atoms with Crippen molar-refractivity contribution in [1.82, 2.24) is 4.90 Å². The van der Waals surface area contributed by atoms with Gasteiger partial charge in [0.25, 0.3) is 0 Å². The predicted molar refractivity (Wildman–Crippen MR) is 73.9 cm³/mol. The van der Waals surface area contributed by atoms with E-state index in [2.05, 4.69) is 30.9 Å². The topological polar surface area (TPSA) is 29.3 Å². The summed E-state index contributed by atoms with van der Waals surface area (Å²) in [6.45, 7) is 8.44. The third-order valence-corrected chi connectivity index (χ3v) is 3.64. The average molecular weight is 232 g/mol. The van der Waals surface area contributed by atoms with E-state index in [0.29, 0.717) is 0 Å². The predicted octanol–water partition coefficient (Wildman–Crippen LogP) is 2.79. The van der Waals surface area contributed by atoms with Crippen molar-refractivity contribution in [3.63, 3.8) is 0 Å². The zero-order valence-corrected chi connectivity index (χ0v) is 11.0. The maximum Gasteiger partial charge on any atom is 0.0314 e. The van der Waals surface area contributed by atoms with Crippen LogP contribution in [0.5, 0.6) is 0 Å². The Morgan fingerprint density at radius 1 is 1.12 bits per heavy atom. The van der Waals surface area contributed by atoms with Crippen LogP contribution in [0.3, 0.4) is 0 Å². The Labute approximate surface area is 105 Å². The Morgan fingerprint density at radius 3 is 2.29 bits per heavy atom. The van der Waals surface area contributed by atoms with Crippen LogP contribution in [-0.2, 0) is 6.42 Å². The first-order chi connectivity index (χ1) is 8.13. The standard InChI is InChI=1S/C15H24N2/c1-12-9-13(2)11-17(10-12)8-7-14-3-5-15(16)6-4-14/h3-6,12-13H,7-11,16H2,1-2H3. The summed E-state index contributed by atoms with van der Waals surface area (Å²) >= 11 is 0. The van der Waals surface area contributed by atoms with Gasteiger partial charge >= 0.3 is 0 Å². The third kappa shape index (κ3) is 3.74. The van der Waals surface area contributed by atoms with Crippen molar-refractivity contribution >= 4 is 5.69 Å². The molecule has 1 aliphatic heterocycles. The lowest BCUT2D eigenvalue weighted by Crippen LogP contribution is -2.39. The second-order valence-electron chi connectivity index (χ2n) is 5.70. The number of nitrogen functional groups attached to an aromatic ring is 1. The monoisotopic (exact) mass is 232 g/mol. The highest BCUT2D eigenvalue weighted by Gasteiger charge is 2.21. The first kappa shape index (κ1) is 12.4. The molecule has 1 aromatic carbocycles. The number of nitrogens with zero attached hydrogens (tertiary/aromatic N) is 1. The number of anilines is 1. The number of benzene rings is 1. The van der Waals surface area contributed by atoms with Crippen molar-refractivity contribution in [2.24, 2.45) is 11.8 Å². The molecule has 0 spiro atoms. The first-order valence-electron chi connectivity index (χ1n) is 6.70. The van der Waals surface area contributed by atoms with Gasteiger partial charge in [-0.3, -0.25) is 0 Å². The molecule has 2 unspecified atom stereocenters. The zero-order chi connectivity index (χ0) is 12.3. The smallest absolute Gasteiger partial charge is 0.0314 e. The van der Waals surface area contributed by atoms with Crippen molar-refractivity contribution < 1.29 is 0 Å². The molecule has 0 saturated carbocycles. The van der Waals surface area contributed by atoms with Crippen LogP contribution < -0.4 is 5.73 Å². The summed E-state index contributed by atoms with van der Waals surface area (Å²) < 4.78 is 0. The average Bonchev–Trinajstić information content (AvgIpc) is 2.27. The van der Waals surface area contributed by atoms with Crippen LogP contribution >= 0.6 is 0 Å². The molecular formula is C15H24N2. The van der Waals surface area contributed by atoms with Gasteiger partial charge < -0.3 is 10.6 Å². The van der Waals surface area contributed by atoms with E-state index in [1.54, 1.807) is 0 Å². The maximum absolute atomic E-state index is 5.69. The maximum atomic E-state index is 5.69. The second-order valence-corrected chi connectivity index (χ2v) is 5.70. The van der Waals surface area contributed by atoms with E-state index < -0.39 is 0 Å². The van der Waals surface area contributed by atoms with Crippen molar-refractivity contribution in [2.45, 2.75) is 26.7 Å². The molecule has 2 N–H and O–H groups in total. The number of hydrogen-bond donors (Lipinski definition) is 1. The highest BCUT2D eigenvalue weighted by atomic mass is 15.1.